The molecule has 1 unspecified atom stereocenters. The van der Waals surface area contributed by atoms with Gasteiger partial charge in [0.1, 0.15) is 11.4 Å². The average molecular weight is 444 g/mol. The van der Waals surface area contributed by atoms with E-state index in [1.54, 1.807) is 28.8 Å². The second-order valence-corrected chi connectivity index (χ2v) is 8.76. The normalized spacial score (nSPS) is 19.8. The first-order chi connectivity index (χ1) is 15.2. The van der Waals surface area contributed by atoms with Gasteiger partial charge in [-0.3, -0.25) is 24.3 Å². The van der Waals surface area contributed by atoms with Gasteiger partial charge in [0, 0.05) is 44.4 Å². The Hall–Kier alpha value is -3.34. The molecule has 2 aliphatic rings. The number of ether oxygens (including phenoxy) is 2. The van der Waals surface area contributed by atoms with Crippen LogP contribution < -0.4 is 20.3 Å². The van der Waals surface area contributed by atoms with Crippen molar-refractivity contribution in [3.8, 4) is 5.75 Å². The van der Waals surface area contributed by atoms with E-state index in [9.17, 15) is 14.4 Å². The van der Waals surface area contributed by atoms with Gasteiger partial charge in [-0.15, -0.1) is 0 Å². The highest BCUT2D eigenvalue weighted by molar-refractivity contribution is 6.05. The molecule has 2 aromatic heterocycles. The largest absolute Gasteiger partial charge is 0.492 e. The minimum atomic E-state index is -0.602. The number of pyridine rings is 1. The third-order valence-electron chi connectivity index (χ3n) is 5.41. The Morgan fingerprint density at radius 1 is 1.25 bits per heavy atom. The summed E-state index contributed by atoms with van der Waals surface area (Å²) < 4.78 is 13.1. The Labute approximate surface area is 185 Å². The predicted molar refractivity (Wildman–Crippen MR) is 116 cm³/mol. The number of methoxy groups -OCH3 is 1. The van der Waals surface area contributed by atoms with Crippen LogP contribution in [0.2, 0.25) is 0 Å². The van der Waals surface area contributed by atoms with Crippen molar-refractivity contribution in [1.82, 2.24) is 24.9 Å². The molecule has 0 aliphatic carbocycles. The maximum Gasteiger partial charge on any atom is 0.410 e. The quantitative estimate of drug-likeness (QED) is 0.739. The van der Waals surface area contributed by atoms with Crippen LogP contribution in [0.1, 0.15) is 38.8 Å². The van der Waals surface area contributed by atoms with Crippen molar-refractivity contribution in [3.63, 3.8) is 0 Å². The number of carbonyl (C=O) groups excluding carboxylic acids is 3. The van der Waals surface area contributed by atoms with Gasteiger partial charge < -0.3 is 14.8 Å². The first-order valence-electron chi connectivity index (χ1n) is 10.5. The van der Waals surface area contributed by atoms with Crippen molar-refractivity contribution < 1.29 is 23.9 Å². The minimum Gasteiger partial charge on any atom is -0.492 e. The molecule has 4 amide bonds. The fraction of sp³-hybridized carbons (Fsp3) is 0.524. The number of hydrogen-bond donors (Lipinski definition) is 2. The highest BCUT2D eigenvalue weighted by atomic mass is 16.6. The van der Waals surface area contributed by atoms with Crippen LogP contribution in [-0.2, 0) is 9.53 Å². The fourth-order valence-corrected chi connectivity index (χ4v) is 4.00. The number of imidazole rings is 1. The van der Waals surface area contributed by atoms with Crippen molar-refractivity contribution in [1.29, 1.82) is 0 Å². The first-order valence-corrected chi connectivity index (χ1v) is 10.5. The van der Waals surface area contributed by atoms with E-state index in [2.05, 4.69) is 15.6 Å². The number of carbonyl (C=O) groups is 3. The maximum absolute atomic E-state index is 12.9. The first kappa shape index (κ1) is 21.9. The molecule has 11 nitrogen and oxygen atoms in total. The van der Waals surface area contributed by atoms with Gasteiger partial charge in [0.05, 0.1) is 19.3 Å². The highest BCUT2D eigenvalue weighted by Gasteiger charge is 2.34. The standard InChI is InChI=1S/C21H28N6O5/c1-21(2,3)32-20(30)25-10-7-22-11-14(25)13-5-8-26-16(12-23-18(26)17(13)31-4)27-9-6-15(28)24-19(27)29/h5,8,12,14,22H,6-7,9-11H2,1-4H3,(H,24,28,29). The molecule has 0 spiro atoms. The third kappa shape index (κ3) is 4.07. The molecule has 4 heterocycles. The van der Waals surface area contributed by atoms with Gasteiger partial charge >= 0.3 is 12.1 Å². The Kier molecular flexibility index (Phi) is 5.68. The van der Waals surface area contributed by atoms with Crippen LogP contribution in [0.15, 0.2) is 18.5 Å². The molecule has 2 aromatic rings. The molecule has 2 fully saturated rings. The fourth-order valence-electron chi connectivity index (χ4n) is 4.00. The van der Waals surface area contributed by atoms with Gasteiger partial charge in [0.25, 0.3) is 0 Å². The lowest BCUT2D eigenvalue weighted by atomic mass is 10.0. The van der Waals surface area contributed by atoms with E-state index < -0.39 is 11.6 Å². The monoisotopic (exact) mass is 444 g/mol. The van der Waals surface area contributed by atoms with E-state index in [1.807, 2.05) is 26.8 Å². The summed E-state index contributed by atoms with van der Waals surface area (Å²) in [4.78, 5) is 44.3. The molecule has 0 saturated carbocycles. The maximum atomic E-state index is 12.9. The van der Waals surface area contributed by atoms with E-state index in [1.165, 1.54) is 4.90 Å². The number of nitrogens with one attached hydrogen (secondary N) is 2. The zero-order valence-electron chi connectivity index (χ0n) is 18.7. The van der Waals surface area contributed by atoms with Gasteiger partial charge in [-0.05, 0) is 26.8 Å². The van der Waals surface area contributed by atoms with E-state index in [-0.39, 0.29) is 31.0 Å². The number of imide groups is 1. The lowest BCUT2D eigenvalue weighted by Gasteiger charge is -2.37. The SMILES string of the molecule is COc1c(C2CNCCN2C(=O)OC(C)(C)C)ccn2c(N3CCC(=O)NC3=O)cnc12. The summed E-state index contributed by atoms with van der Waals surface area (Å²) >= 11 is 0. The number of nitrogens with zero attached hydrogens (tertiary/aromatic N) is 4. The van der Waals surface area contributed by atoms with Gasteiger partial charge in [-0.25, -0.2) is 14.6 Å². The van der Waals surface area contributed by atoms with E-state index in [0.717, 1.165) is 5.56 Å². The molecule has 1 atom stereocenters. The van der Waals surface area contributed by atoms with Crippen molar-refractivity contribution in [2.24, 2.45) is 0 Å². The molecule has 172 valence electrons. The van der Waals surface area contributed by atoms with Gasteiger partial charge in [0.2, 0.25) is 5.91 Å². The van der Waals surface area contributed by atoms with Crippen LogP contribution in [0, 0.1) is 0 Å². The molecule has 4 rings (SSSR count). The Morgan fingerprint density at radius 3 is 2.72 bits per heavy atom. The number of rotatable bonds is 3. The average Bonchev–Trinajstić information content (AvgIpc) is 3.15. The number of fused-ring (bicyclic) bond motifs is 1. The van der Waals surface area contributed by atoms with Gasteiger partial charge in [0.15, 0.2) is 11.4 Å². The molecular weight excluding hydrogens is 416 g/mol. The number of urea groups is 1. The van der Waals surface area contributed by atoms with E-state index >= 15 is 0 Å². The van der Waals surface area contributed by atoms with Crippen LogP contribution in [-0.4, -0.2) is 71.2 Å². The van der Waals surface area contributed by atoms with Crippen molar-refractivity contribution in [3.05, 3.63) is 24.0 Å². The van der Waals surface area contributed by atoms with Crippen molar-refractivity contribution >= 4 is 29.5 Å². The van der Waals surface area contributed by atoms with E-state index in [0.29, 0.717) is 36.8 Å². The summed E-state index contributed by atoms with van der Waals surface area (Å²) in [5.41, 5.74) is 0.697. The highest BCUT2D eigenvalue weighted by Crippen LogP contribution is 2.35. The Bertz CT molecular complexity index is 1060. The number of aromatic nitrogens is 2. The molecule has 2 N–H and O–H groups in total. The predicted octanol–water partition coefficient (Wildman–Crippen LogP) is 1.67. The zero-order valence-corrected chi connectivity index (χ0v) is 18.7. The second-order valence-electron chi connectivity index (χ2n) is 8.76. The Balaban J connectivity index is 1.71. The summed E-state index contributed by atoms with van der Waals surface area (Å²) in [5.74, 6) is 0.738. The van der Waals surface area contributed by atoms with Crippen molar-refractivity contribution in [2.75, 3.05) is 38.2 Å². The van der Waals surface area contributed by atoms with Crippen LogP contribution in [0.4, 0.5) is 15.4 Å². The summed E-state index contributed by atoms with van der Waals surface area (Å²) in [7, 11) is 1.55. The lowest BCUT2D eigenvalue weighted by Crippen LogP contribution is -2.50. The van der Waals surface area contributed by atoms with Crippen LogP contribution in [0.25, 0.3) is 5.65 Å². The number of piperazine rings is 1. The summed E-state index contributed by atoms with van der Waals surface area (Å²) in [6.07, 6.45) is 3.19. The third-order valence-corrected chi connectivity index (χ3v) is 5.41. The van der Waals surface area contributed by atoms with Crippen molar-refractivity contribution in [2.45, 2.75) is 38.8 Å². The minimum absolute atomic E-state index is 0.215. The molecule has 2 saturated heterocycles. The van der Waals surface area contributed by atoms with Gasteiger partial charge in [-0.1, -0.05) is 0 Å². The van der Waals surface area contributed by atoms with E-state index in [4.69, 9.17) is 9.47 Å². The van der Waals surface area contributed by atoms with Crippen LogP contribution in [0.3, 0.4) is 0 Å². The number of hydrogen-bond acceptors (Lipinski definition) is 7. The molecule has 11 heteroatoms. The summed E-state index contributed by atoms with van der Waals surface area (Å²) in [5, 5.41) is 5.64. The second kappa shape index (κ2) is 8.30. The smallest absolute Gasteiger partial charge is 0.410 e. The molecule has 32 heavy (non-hydrogen) atoms. The molecule has 2 aliphatic heterocycles. The summed E-state index contributed by atoms with van der Waals surface area (Å²) in [6, 6.07) is 1.06. The summed E-state index contributed by atoms with van der Waals surface area (Å²) in [6.45, 7) is 7.48. The topological polar surface area (TPSA) is 118 Å². The molecule has 0 aromatic carbocycles. The van der Waals surface area contributed by atoms with Gasteiger partial charge in [-0.2, -0.15) is 0 Å². The number of anilines is 1. The van der Waals surface area contributed by atoms with Crippen LogP contribution >= 0.6 is 0 Å². The number of amides is 4. The molecule has 0 radical (unpaired) electrons. The van der Waals surface area contributed by atoms with Crippen LogP contribution in [0.5, 0.6) is 5.75 Å². The molecular formula is C21H28N6O5. The zero-order chi connectivity index (χ0) is 23.0. The molecule has 0 bridgehead atoms. The Morgan fingerprint density at radius 2 is 2.03 bits per heavy atom. The lowest BCUT2D eigenvalue weighted by molar-refractivity contribution is -0.120.